The van der Waals surface area contributed by atoms with Crippen molar-refractivity contribution in [2.75, 3.05) is 46.9 Å². The molecule has 178 valence electrons. The van der Waals surface area contributed by atoms with E-state index in [1.165, 1.54) is 38.5 Å². The predicted molar refractivity (Wildman–Crippen MR) is 120 cm³/mol. The molecule has 2 N–H and O–H groups in total. The average Bonchev–Trinajstić information content (AvgIpc) is 2.83. The van der Waals surface area contributed by atoms with Gasteiger partial charge in [0.1, 0.15) is 5.75 Å². The maximum Gasteiger partial charge on any atom is 0.257 e. The Labute approximate surface area is 192 Å². The second-order valence-electron chi connectivity index (χ2n) is 7.35. The number of sulfonamides is 1. The largest absolute Gasteiger partial charge is 0.507 e. The fraction of sp³-hybridized carbons (Fsp3) is 0.364. The van der Waals surface area contributed by atoms with Gasteiger partial charge in [0, 0.05) is 45.2 Å². The normalized spacial score (nSPS) is 14.1. The Balaban J connectivity index is 1.50. The SMILES string of the molecule is COc1ccc(S(=O)(=O)NCCC(=O)N2CCN(C(=O)c3ccccc3O)CC2)cc1OC. The quantitative estimate of drug-likeness (QED) is 0.582. The van der Waals surface area contributed by atoms with E-state index in [1.807, 2.05) is 0 Å². The number of hydrogen-bond acceptors (Lipinski definition) is 7. The van der Waals surface area contributed by atoms with Crippen LogP contribution in [-0.4, -0.2) is 82.1 Å². The number of phenolic OH excluding ortho intramolecular Hbond substituents is 1. The first kappa shape index (κ1) is 24.3. The maximum absolute atomic E-state index is 12.6. The molecule has 0 spiro atoms. The fourth-order valence-electron chi connectivity index (χ4n) is 3.50. The summed E-state index contributed by atoms with van der Waals surface area (Å²) in [5.74, 6) is 0.115. The van der Waals surface area contributed by atoms with Gasteiger partial charge in [-0.2, -0.15) is 0 Å². The molecule has 11 heteroatoms. The molecule has 0 aromatic heterocycles. The van der Waals surface area contributed by atoms with Crippen molar-refractivity contribution in [3.05, 3.63) is 48.0 Å². The number of hydrogen-bond donors (Lipinski definition) is 2. The van der Waals surface area contributed by atoms with Crippen LogP contribution in [0.5, 0.6) is 17.2 Å². The van der Waals surface area contributed by atoms with Gasteiger partial charge in [0.25, 0.3) is 5.91 Å². The van der Waals surface area contributed by atoms with Gasteiger partial charge in [-0.25, -0.2) is 13.1 Å². The van der Waals surface area contributed by atoms with E-state index >= 15 is 0 Å². The second-order valence-corrected chi connectivity index (χ2v) is 9.12. The first-order chi connectivity index (χ1) is 15.8. The van der Waals surface area contributed by atoms with Gasteiger partial charge in [-0.15, -0.1) is 0 Å². The predicted octanol–water partition coefficient (Wildman–Crippen LogP) is 1.06. The molecule has 1 heterocycles. The summed E-state index contributed by atoms with van der Waals surface area (Å²) in [4.78, 5) is 28.3. The standard InChI is InChI=1S/C22H27N3O7S/c1-31-19-8-7-16(15-20(19)32-2)33(29,30)23-10-9-21(27)24-11-13-25(14-12-24)22(28)17-5-3-4-6-18(17)26/h3-8,15,23,26H,9-14H2,1-2H3. The van der Waals surface area contributed by atoms with Crippen molar-refractivity contribution in [3.8, 4) is 17.2 Å². The number of nitrogens with one attached hydrogen (secondary N) is 1. The third kappa shape index (κ3) is 5.74. The molecule has 0 radical (unpaired) electrons. The number of aromatic hydroxyl groups is 1. The summed E-state index contributed by atoms with van der Waals surface area (Å²) in [6.45, 7) is 1.26. The van der Waals surface area contributed by atoms with Crippen molar-refractivity contribution in [2.45, 2.75) is 11.3 Å². The number of phenols is 1. The highest BCUT2D eigenvalue weighted by atomic mass is 32.2. The molecule has 0 atom stereocenters. The summed E-state index contributed by atoms with van der Waals surface area (Å²) >= 11 is 0. The van der Waals surface area contributed by atoms with Crippen LogP contribution < -0.4 is 14.2 Å². The smallest absolute Gasteiger partial charge is 0.257 e. The van der Waals surface area contributed by atoms with Crippen LogP contribution in [0.25, 0.3) is 0 Å². The van der Waals surface area contributed by atoms with Crippen LogP contribution in [0, 0.1) is 0 Å². The molecule has 0 aliphatic carbocycles. The van der Waals surface area contributed by atoms with E-state index in [0.717, 1.165) is 0 Å². The van der Waals surface area contributed by atoms with Crippen LogP contribution in [0.4, 0.5) is 0 Å². The van der Waals surface area contributed by atoms with Gasteiger partial charge in [-0.1, -0.05) is 12.1 Å². The number of methoxy groups -OCH3 is 2. The number of rotatable bonds is 8. The van der Waals surface area contributed by atoms with Crippen LogP contribution in [0.15, 0.2) is 47.4 Å². The zero-order valence-corrected chi connectivity index (χ0v) is 19.3. The van der Waals surface area contributed by atoms with Crippen molar-refractivity contribution < 1.29 is 32.6 Å². The topological polar surface area (TPSA) is 125 Å². The van der Waals surface area contributed by atoms with E-state index in [9.17, 15) is 23.1 Å². The lowest BCUT2D eigenvalue weighted by atomic mass is 10.1. The number of para-hydroxylation sites is 1. The number of carbonyl (C=O) groups is 2. The van der Waals surface area contributed by atoms with Gasteiger partial charge in [-0.05, 0) is 24.3 Å². The molecule has 1 fully saturated rings. The summed E-state index contributed by atoms with van der Waals surface area (Å²) in [7, 11) is -0.963. The van der Waals surface area contributed by atoms with Crippen molar-refractivity contribution in [1.82, 2.24) is 14.5 Å². The van der Waals surface area contributed by atoms with Crippen LogP contribution in [0.3, 0.4) is 0 Å². The van der Waals surface area contributed by atoms with Crippen molar-refractivity contribution in [3.63, 3.8) is 0 Å². The van der Waals surface area contributed by atoms with E-state index in [0.29, 0.717) is 31.9 Å². The molecule has 2 aromatic rings. The van der Waals surface area contributed by atoms with Crippen molar-refractivity contribution in [2.24, 2.45) is 0 Å². The Morgan fingerprint density at radius 1 is 0.970 bits per heavy atom. The number of nitrogens with zero attached hydrogens (tertiary/aromatic N) is 2. The van der Waals surface area contributed by atoms with Gasteiger partial charge in [0.2, 0.25) is 15.9 Å². The molecular weight excluding hydrogens is 450 g/mol. The molecule has 0 bridgehead atoms. The monoisotopic (exact) mass is 477 g/mol. The lowest BCUT2D eigenvalue weighted by molar-refractivity contribution is -0.132. The van der Waals surface area contributed by atoms with E-state index in [1.54, 1.807) is 28.0 Å². The summed E-state index contributed by atoms with van der Waals surface area (Å²) in [5.41, 5.74) is 0.224. The molecule has 0 saturated carbocycles. The zero-order chi connectivity index (χ0) is 24.0. The van der Waals surface area contributed by atoms with Gasteiger partial charge >= 0.3 is 0 Å². The highest BCUT2D eigenvalue weighted by Crippen LogP contribution is 2.29. The highest BCUT2D eigenvalue weighted by Gasteiger charge is 2.26. The third-order valence-electron chi connectivity index (χ3n) is 5.35. The Bertz CT molecular complexity index is 1110. The molecule has 0 unspecified atom stereocenters. The first-order valence-electron chi connectivity index (χ1n) is 10.3. The molecule has 33 heavy (non-hydrogen) atoms. The number of benzene rings is 2. The van der Waals surface area contributed by atoms with Crippen LogP contribution in [-0.2, 0) is 14.8 Å². The zero-order valence-electron chi connectivity index (χ0n) is 18.5. The number of ether oxygens (including phenoxy) is 2. The Morgan fingerprint density at radius 2 is 1.61 bits per heavy atom. The average molecular weight is 478 g/mol. The van der Waals surface area contributed by atoms with Crippen LogP contribution >= 0.6 is 0 Å². The van der Waals surface area contributed by atoms with Crippen molar-refractivity contribution in [1.29, 1.82) is 0 Å². The maximum atomic E-state index is 12.6. The van der Waals surface area contributed by atoms with Crippen molar-refractivity contribution >= 4 is 21.8 Å². The molecule has 10 nitrogen and oxygen atoms in total. The van der Waals surface area contributed by atoms with E-state index in [4.69, 9.17) is 9.47 Å². The van der Waals surface area contributed by atoms with Crippen LogP contribution in [0.1, 0.15) is 16.8 Å². The van der Waals surface area contributed by atoms with Crippen LogP contribution in [0.2, 0.25) is 0 Å². The highest BCUT2D eigenvalue weighted by molar-refractivity contribution is 7.89. The summed E-state index contributed by atoms with van der Waals surface area (Å²) in [6.07, 6.45) is -0.0139. The van der Waals surface area contributed by atoms with Gasteiger partial charge < -0.3 is 24.4 Å². The van der Waals surface area contributed by atoms with Gasteiger partial charge in [-0.3, -0.25) is 9.59 Å². The summed E-state index contributed by atoms with van der Waals surface area (Å²) in [5, 5.41) is 9.87. The molecule has 1 saturated heterocycles. The summed E-state index contributed by atoms with van der Waals surface area (Å²) < 4.78 is 37.8. The Morgan fingerprint density at radius 3 is 2.24 bits per heavy atom. The lowest BCUT2D eigenvalue weighted by Gasteiger charge is -2.35. The Kier molecular flexibility index (Phi) is 7.77. The first-order valence-corrected chi connectivity index (χ1v) is 11.8. The molecule has 2 amide bonds. The number of amides is 2. The van der Waals surface area contributed by atoms with E-state index in [2.05, 4.69) is 4.72 Å². The van der Waals surface area contributed by atoms with E-state index in [-0.39, 0.29) is 46.7 Å². The lowest BCUT2D eigenvalue weighted by Crippen LogP contribution is -2.51. The summed E-state index contributed by atoms with van der Waals surface area (Å²) in [6, 6.07) is 10.6. The number of piperazine rings is 1. The minimum Gasteiger partial charge on any atom is -0.507 e. The van der Waals surface area contributed by atoms with Gasteiger partial charge in [0.05, 0.1) is 24.7 Å². The second kappa shape index (κ2) is 10.5. The minimum atomic E-state index is -3.83. The molecule has 3 rings (SSSR count). The number of carbonyl (C=O) groups excluding carboxylic acids is 2. The molecule has 2 aromatic carbocycles. The molecule has 1 aliphatic heterocycles. The molecular formula is C22H27N3O7S. The van der Waals surface area contributed by atoms with Gasteiger partial charge in [0.15, 0.2) is 11.5 Å². The molecule has 1 aliphatic rings. The fourth-order valence-corrected chi connectivity index (χ4v) is 4.55. The minimum absolute atomic E-state index is 0.00360. The Hall–Kier alpha value is -3.31. The third-order valence-corrected chi connectivity index (χ3v) is 6.81. The van der Waals surface area contributed by atoms with E-state index < -0.39 is 10.0 Å².